The van der Waals surface area contributed by atoms with Crippen molar-refractivity contribution in [2.75, 3.05) is 36.8 Å². The molecule has 0 spiro atoms. The summed E-state index contributed by atoms with van der Waals surface area (Å²) in [4.78, 5) is 31.6. The summed E-state index contributed by atoms with van der Waals surface area (Å²) in [5, 5.41) is 0. The van der Waals surface area contributed by atoms with E-state index in [0.717, 1.165) is 0 Å². The van der Waals surface area contributed by atoms with E-state index in [1.165, 1.54) is 10.6 Å². The number of anilines is 2. The minimum Gasteiger partial charge on any atom is -0.444 e. The van der Waals surface area contributed by atoms with E-state index in [9.17, 15) is 9.59 Å². The Morgan fingerprint density at radius 2 is 1.86 bits per heavy atom. The van der Waals surface area contributed by atoms with Crippen LogP contribution in [-0.2, 0) is 11.8 Å². The number of hydrogen-bond acceptors (Lipinski definition) is 6. The number of piperazine rings is 1. The van der Waals surface area contributed by atoms with Crippen LogP contribution in [0, 0.1) is 0 Å². The lowest BCUT2D eigenvalue weighted by atomic mass is 10.2. The van der Waals surface area contributed by atoms with Gasteiger partial charge in [-0.25, -0.2) is 4.79 Å². The molecule has 2 rings (SSSR count). The van der Waals surface area contributed by atoms with E-state index in [4.69, 9.17) is 10.5 Å². The highest BCUT2D eigenvalue weighted by Gasteiger charge is 2.27. The summed E-state index contributed by atoms with van der Waals surface area (Å²) in [6.07, 6.45) is -0.318. The molecule has 1 aromatic rings. The number of carbonyl (C=O) groups is 1. The Kier molecular flexibility index (Phi) is 4.30. The first-order chi connectivity index (χ1) is 10.2. The van der Waals surface area contributed by atoms with Crippen LogP contribution in [0.5, 0.6) is 0 Å². The molecule has 22 heavy (non-hydrogen) atoms. The van der Waals surface area contributed by atoms with Gasteiger partial charge in [0.2, 0.25) is 5.95 Å². The minimum absolute atomic E-state index is 0.197. The maximum absolute atomic E-state index is 12.0. The fraction of sp³-hybridized carbons (Fsp3) is 0.643. The third-order valence-electron chi connectivity index (χ3n) is 3.35. The molecule has 0 aromatic carbocycles. The number of ether oxygens (including phenoxy) is 1. The van der Waals surface area contributed by atoms with Crippen molar-refractivity contribution >= 4 is 17.9 Å². The van der Waals surface area contributed by atoms with Gasteiger partial charge in [-0.15, -0.1) is 0 Å². The van der Waals surface area contributed by atoms with Crippen LogP contribution in [0.25, 0.3) is 0 Å². The van der Waals surface area contributed by atoms with Crippen molar-refractivity contribution in [1.29, 1.82) is 0 Å². The normalized spacial score (nSPS) is 15.8. The average Bonchev–Trinajstić information content (AvgIpc) is 2.41. The lowest BCUT2D eigenvalue weighted by molar-refractivity contribution is 0.0240. The monoisotopic (exact) mass is 309 g/mol. The summed E-state index contributed by atoms with van der Waals surface area (Å²) in [5.41, 5.74) is 4.94. The number of hydrogen-bond donors (Lipinski definition) is 1. The molecule has 0 aliphatic carbocycles. The highest BCUT2D eigenvalue weighted by atomic mass is 16.6. The van der Waals surface area contributed by atoms with E-state index in [1.54, 1.807) is 11.9 Å². The first-order valence-electron chi connectivity index (χ1n) is 7.24. The molecule has 8 nitrogen and oxygen atoms in total. The van der Waals surface area contributed by atoms with Crippen LogP contribution < -0.4 is 16.2 Å². The Bertz CT molecular complexity index is 612. The Morgan fingerprint density at radius 1 is 1.27 bits per heavy atom. The molecule has 8 heteroatoms. The van der Waals surface area contributed by atoms with E-state index in [0.29, 0.717) is 32.1 Å². The second-order valence-corrected chi connectivity index (χ2v) is 6.33. The molecule has 1 saturated heterocycles. The maximum Gasteiger partial charge on any atom is 0.410 e. The Labute approximate surface area is 129 Å². The van der Waals surface area contributed by atoms with Gasteiger partial charge in [-0.3, -0.25) is 9.36 Å². The fourth-order valence-electron chi connectivity index (χ4n) is 2.24. The van der Waals surface area contributed by atoms with Gasteiger partial charge in [0.15, 0.2) is 0 Å². The van der Waals surface area contributed by atoms with Crippen molar-refractivity contribution in [3.05, 3.63) is 16.4 Å². The van der Waals surface area contributed by atoms with E-state index in [1.807, 2.05) is 25.7 Å². The van der Waals surface area contributed by atoms with Crippen molar-refractivity contribution in [2.24, 2.45) is 7.05 Å². The number of nitrogen functional groups attached to an aromatic ring is 1. The number of nitrogens with two attached hydrogens (primary N) is 1. The van der Waals surface area contributed by atoms with Crippen LogP contribution >= 0.6 is 0 Å². The van der Waals surface area contributed by atoms with E-state index in [2.05, 4.69) is 4.98 Å². The molecule has 1 aliphatic rings. The molecule has 0 bridgehead atoms. The smallest absolute Gasteiger partial charge is 0.410 e. The van der Waals surface area contributed by atoms with Gasteiger partial charge >= 0.3 is 6.09 Å². The lowest BCUT2D eigenvalue weighted by Crippen LogP contribution is -2.51. The molecule has 2 N–H and O–H groups in total. The second kappa shape index (κ2) is 5.86. The molecule has 0 unspecified atom stereocenters. The SMILES string of the molecule is Cn1c(N2CCN(C(=O)OC(C)(C)C)CC2)nc(N)cc1=O. The lowest BCUT2D eigenvalue weighted by Gasteiger charge is -2.36. The first kappa shape index (κ1) is 16.1. The third-order valence-corrected chi connectivity index (χ3v) is 3.35. The topological polar surface area (TPSA) is 93.7 Å². The number of aromatic nitrogens is 2. The van der Waals surface area contributed by atoms with E-state index >= 15 is 0 Å². The van der Waals surface area contributed by atoms with Gasteiger partial charge < -0.3 is 20.3 Å². The quantitative estimate of drug-likeness (QED) is 0.808. The van der Waals surface area contributed by atoms with Gasteiger partial charge in [0.1, 0.15) is 11.4 Å². The molecule has 2 heterocycles. The summed E-state index contributed by atoms with van der Waals surface area (Å²) in [5.74, 6) is 0.724. The summed E-state index contributed by atoms with van der Waals surface area (Å²) in [6.45, 7) is 7.69. The van der Waals surface area contributed by atoms with Gasteiger partial charge in [-0.05, 0) is 20.8 Å². The molecule has 0 saturated carbocycles. The van der Waals surface area contributed by atoms with Crippen molar-refractivity contribution in [3.8, 4) is 0 Å². The molecular weight excluding hydrogens is 286 g/mol. The van der Waals surface area contributed by atoms with Crippen molar-refractivity contribution in [3.63, 3.8) is 0 Å². The zero-order valence-corrected chi connectivity index (χ0v) is 13.5. The van der Waals surface area contributed by atoms with E-state index < -0.39 is 5.60 Å². The molecule has 1 amide bonds. The number of nitrogens with zero attached hydrogens (tertiary/aromatic N) is 4. The van der Waals surface area contributed by atoms with Crippen molar-refractivity contribution < 1.29 is 9.53 Å². The van der Waals surface area contributed by atoms with Gasteiger partial charge in [0, 0.05) is 39.3 Å². The van der Waals surface area contributed by atoms with E-state index in [-0.39, 0.29) is 17.5 Å². The zero-order valence-electron chi connectivity index (χ0n) is 13.5. The predicted octanol–water partition coefficient (Wildman–Crippen LogP) is 0.420. The van der Waals surface area contributed by atoms with Crippen LogP contribution in [0.1, 0.15) is 20.8 Å². The predicted molar refractivity (Wildman–Crippen MR) is 83.9 cm³/mol. The standard InChI is InChI=1S/C14H23N5O3/c1-14(2,3)22-13(21)19-7-5-18(6-8-19)12-16-10(15)9-11(20)17(12)4/h9H,5-8,15H2,1-4H3. The molecule has 1 aromatic heterocycles. The molecular formula is C14H23N5O3. The Balaban J connectivity index is 2.04. The Hall–Kier alpha value is -2.25. The van der Waals surface area contributed by atoms with Crippen molar-refractivity contribution in [1.82, 2.24) is 14.5 Å². The number of amides is 1. The first-order valence-corrected chi connectivity index (χ1v) is 7.24. The van der Waals surface area contributed by atoms with Crippen LogP contribution in [0.3, 0.4) is 0 Å². The van der Waals surface area contributed by atoms with Gasteiger partial charge in [0.25, 0.3) is 5.56 Å². The molecule has 1 fully saturated rings. The van der Waals surface area contributed by atoms with Gasteiger partial charge in [-0.2, -0.15) is 4.98 Å². The number of rotatable bonds is 1. The van der Waals surface area contributed by atoms with Crippen LogP contribution in [-0.4, -0.2) is 52.3 Å². The largest absolute Gasteiger partial charge is 0.444 e. The van der Waals surface area contributed by atoms with Crippen LogP contribution in [0.4, 0.5) is 16.6 Å². The zero-order chi connectivity index (χ0) is 16.5. The van der Waals surface area contributed by atoms with Gasteiger partial charge in [-0.1, -0.05) is 0 Å². The average molecular weight is 309 g/mol. The van der Waals surface area contributed by atoms with Crippen LogP contribution in [0.15, 0.2) is 10.9 Å². The summed E-state index contributed by atoms with van der Waals surface area (Å²) < 4.78 is 6.82. The second-order valence-electron chi connectivity index (χ2n) is 6.33. The highest BCUT2D eigenvalue weighted by Crippen LogP contribution is 2.15. The third kappa shape index (κ3) is 3.69. The summed E-state index contributed by atoms with van der Waals surface area (Å²) in [6, 6.07) is 1.29. The molecule has 0 atom stereocenters. The maximum atomic E-state index is 12.0. The highest BCUT2D eigenvalue weighted by molar-refractivity contribution is 5.68. The fourth-order valence-corrected chi connectivity index (χ4v) is 2.24. The molecule has 1 aliphatic heterocycles. The number of carbonyl (C=O) groups excluding carboxylic acids is 1. The molecule has 122 valence electrons. The Morgan fingerprint density at radius 3 is 2.41 bits per heavy atom. The summed E-state index contributed by atoms with van der Waals surface area (Å²) >= 11 is 0. The van der Waals surface area contributed by atoms with Crippen molar-refractivity contribution in [2.45, 2.75) is 26.4 Å². The van der Waals surface area contributed by atoms with Gasteiger partial charge in [0.05, 0.1) is 0 Å². The summed E-state index contributed by atoms with van der Waals surface area (Å²) in [7, 11) is 1.66. The minimum atomic E-state index is -0.506. The molecule has 0 radical (unpaired) electrons. The van der Waals surface area contributed by atoms with Crippen LogP contribution in [0.2, 0.25) is 0 Å².